The molecule has 0 saturated heterocycles. The molecule has 0 fully saturated rings. The van der Waals surface area contributed by atoms with Crippen LogP contribution in [0.2, 0.25) is 0 Å². The summed E-state index contributed by atoms with van der Waals surface area (Å²) in [4.78, 5) is 21.4. The number of hydrogen-bond acceptors (Lipinski definition) is 5. The number of rotatable bonds is 6. The van der Waals surface area contributed by atoms with Crippen molar-refractivity contribution in [1.82, 2.24) is 5.32 Å². The molecule has 108 valence electrons. The number of hydrogen-bond donors (Lipinski definition) is 5. The normalized spacial score (nSPS) is 12.1. The molecular formula is C11H23NO6. The van der Waals surface area contributed by atoms with Crippen LogP contribution in [0, 0.1) is 5.41 Å². The van der Waals surface area contributed by atoms with Crippen molar-refractivity contribution in [3.63, 3.8) is 0 Å². The number of carbonyl (C=O) groups excluding carboxylic acids is 1. The molecule has 0 rings (SSSR count). The molecule has 0 saturated carbocycles. The zero-order valence-electron chi connectivity index (χ0n) is 11.0. The highest BCUT2D eigenvalue weighted by molar-refractivity contribution is 5.81. The van der Waals surface area contributed by atoms with Gasteiger partial charge in [0, 0.05) is 18.6 Å². The molecular weight excluding hydrogens is 242 g/mol. The number of aliphatic hydroxyl groups excluding tert-OH is 3. The SMILES string of the molecule is CC(C)(CO)[C@@H](O)C(=O)NCCC(=O)O.CCO. The Morgan fingerprint density at radius 1 is 1.28 bits per heavy atom. The quantitative estimate of drug-likeness (QED) is 0.417. The van der Waals surface area contributed by atoms with Gasteiger partial charge in [0.1, 0.15) is 6.10 Å². The van der Waals surface area contributed by atoms with Crippen LogP contribution >= 0.6 is 0 Å². The Morgan fingerprint density at radius 3 is 2.06 bits per heavy atom. The second-order valence-electron chi connectivity index (χ2n) is 4.30. The van der Waals surface area contributed by atoms with Gasteiger partial charge in [0.05, 0.1) is 13.0 Å². The first kappa shape index (κ1) is 19.2. The van der Waals surface area contributed by atoms with E-state index in [4.69, 9.17) is 15.3 Å². The molecule has 0 heterocycles. The van der Waals surface area contributed by atoms with E-state index in [0.717, 1.165) is 0 Å². The summed E-state index contributed by atoms with van der Waals surface area (Å²) >= 11 is 0. The lowest BCUT2D eigenvalue weighted by Gasteiger charge is -2.26. The van der Waals surface area contributed by atoms with E-state index < -0.39 is 23.4 Å². The topological polar surface area (TPSA) is 127 Å². The predicted molar refractivity (Wildman–Crippen MR) is 64.9 cm³/mol. The maximum atomic E-state index is 11.3. The van der Waals surface area contributed by atoms with Gasteiger partial charge < -0.3 is 25.7 Å². The Labute approximate surface area is 106 Å². The average molecular weight is 265 g/mol. The van der Waals surface area contributed by atoms with Crippen LogP contribution in [-0.2, 0) is 9.59 Å². The summed E-state index contributed by atoms with van der Waals surface area (Å²) in [6.07, 6.45) is -1.55. The van der Waals surface area contributed by atoms with Gasteiger partial charge in [-0.2, -0.15) is 0 Å². The standard InChI is InChI=1S/C9H17NO5.C2H6O/c1-9(2,5-11)7(14)8(15)10-4-3-6(12)13;1-2-3/h7,11,14H,3-5H2,1-2H3,(H,10,15)(H,12,13);3H,2H2,1H3/t7-;/m0./s1. The molecule has 0 aliphatic carbocycles. The first-order valence-electron chi connectivity index (χ1n) is 5.62. The van der Waals surface area contributed by atoms with Crippen molar-refractivity contribution < 1.29 is 30.0 Å². The summed E-state index contributed by atoms with van der Waals surface area (Å²) < 4.78 is 0. The first-order valence-corrected chi connectivity index (χ1v) is 5.62. The van der Waals surface area contributed by atoms with E-state index in [9.17, 15) is 14.7 Å². The van der Waals surface area contributed by atoms with E-state index in [2.05, 4.69) is 5.32 Å². The van der Waals surface area contributed by atoms with E-state index in [1.54, 1.807) is 6.92 Å². The Bertz CT molecular complexity index is 254. The van der Waals surface area contributed by atoms with Crippen molar-refractivity contribution in [3.05, 3.63) is 0 Å². The number of carboxylic acids is 1. The van der Waals surface area contributed by atoms with Crippen LogP contribution in [0.25, 0.3) is 0 Å². The highest BCUT2D eigenvalue weighted by Gasteiger charge is 2.32. The van der Waals surface area contributed by atoms with Crippen molar-refractivity contribution in [3.8, 4) is 0 Å². The van der Waals surface area contributed by atoms with Crippen LogP contribution in [0.4, 0.5) is 0 Å². The van der Waals surface area contributed by atoms with Gasteiger partial charge in [0.25, 0.3) is 0 Å². The van der Waals surface area contributed by atoms with Gasteiger partial charge in [-0.1, -0.05) is 13.8 Å². The van der Waals surface area contributed by atoms with Gasteiger partial charge in [-0.3, -0.25) is 9.59 Å². The summed E-state index contributed by atoms with van der Waals surface area (Å²) in [6, 6.07) is 0. The maximum Gasteiger partial charge on any atom is 0.305 e. The number of amides is 1. The van der Waals surface area contributed by atoms with Gasteiger partial charge in [-0.05, 0) is 6.92 Å². The molecule has 1 amide bonds. The minimum atomic E-state index is -1.35. The van der Waals surface area contributed by atoms with Crippen molar-refractivity contribution in [2.75, 3.05) is 19.8 Å². The lowest BCUT2D eigenvalue weighted by Crippen LogP contribution is -2.45. The predicted octanol–water partition coefficient (Wildman–Crippen LogP) is -1.04. The molecule has 18 heavy (non-hydrogen) atoms. The van der Waals surface area contributed by atoms with Gasteiger partial charge in [-0.25, -0.2) is 0 Å². The zero-order chi connectivity index (χ0) is 14.8. The molecule has 0 aromatic heterocycles. The third-order valence-electron chi connectivity index (χ3n) is 2.03. The van der Waals surface area contributed by atoms with E-state index in [-0.39, 0.29) is 26.2 Å². The average Bonchev–Trinajstić information content (AvgIpc) is 2.28. The molecule has 0 aromatic rings. The highest BCUT2D eigenvalue weighted by atomic mass is 16.4. The molecule has 0 aliphatic rings. The summed E-state index contributed by atoms with van der Waals surface area (Å²) in [5.74, 6) is -1.69. The van der Waals surface area contributed by atoms with E-state index >= 15 is 0 Å². The molecule has 0 bridgehead atoms. The summed E-state index contributed by atoms with van der Waals surface area (Å²) in [6.45, 7) is 4.64. The minimum Gasteiger partial charge on any atom is -0.481 e. The fraction of sp³-hybridized carbons (Fsp3) is 0.818. The van der Waals surface area contributed by atoms with Crippen LogP contribution in [0.3, 0.4) is 0 Å². The fourth-order valence-corrected chi connectivity index (χ4v) is 0.831. The Morgan fingerprint density at radius 2 is 1.72 bits per heavy atom. The molecule has 5 N–H and O–H groups in total. The van der Waals surface area contributed by atoms with E-state index in [0.29, 0.717) is 0 Å². The Balaban J connectivity index is 0. The van der Waals surface area contributed by atoms with Crippen LogP contribution in [-0.4, -0.2) is 58.2 Å². The summed E-state index contributed by atoms with van der Waals surface area (Å²) in [7, 11) is 0. The molecule has 7 heteroatoms. The second kappa shape index (κ2) is 9.81. The number of nitrogens with one attached hydrogen (secondary N) is 1. The Hall–Kier alpha value is -1.18. The summed E-state index contributed by atoms with van der Waals surface area (Å²) in [5, 5.41) is 36.5. The van der Waals surface area contributed by atoms with Gasteiger partial charge >= 0.3 is 5.97 Å². The molecule has 0 unspecified atom stereocenters. The molecule has 7 nitrogen and oxygen atoms in total. The van der Waals surface area contributed by atoms with Crippen molar-refractivity contribution in [2.45, 2.75) is 33.3 Å². The third-order valence-corrected chi connectivity index (χ3v) is 2.03. The highest BCUT2D eigenvalue weighted by Crippen LogP contribution is 2.19. The molecule has 1 atom stereocenters. The number of aliphatic hydroxyl groups is 3. The van der Waals surface area contributed by atoms with Crippen LogP contribution < -0.4 is 5.32 Å². The van der Waals surface area contributed by atoms with Crippen LogP contribution in [0.5, 0.6) is 0 Å². The molecule has 0 radical (unpaired) electrons. The molecule has 0 aliphatic heterocycles. The Kier molecular flexibility index (Phi) is 10.4. The van der Waals surface area contributed by atoms with Crippen LogP contribution in [0.15, 0.2) is 0 Å². The van der Waals surface area contributed by atoms with Gasteiger partial charge in [0.15, 0.2) is 0 Å². The number of carboxylic acid groups (broad SMARTS) is 1. The van der Waals surface area contributed by atoms with Crippen molar-refractivity contribution >= 4 is 11.9 Å². The van der Waals surface area contributed by atoms with Gasteiger partial charge in [-0.15, -0.1) is 0 Å². The molecule has 0 aromatic carbocycles. The largest absolute Gasteiger partial charge is 0.481 e. The lowest BCUT2D eigenvalue weighted by molar-refractivity contribution is -0.138. The maximum absolute atomic E-state index is 11.3. The van der Waals surface area contributed by atoms with Crippen LogP contribution in [0.1, 0.15) is 27.2 Å². The minimum absolute atomic E-state index is 0.0350. The monoisotopic (exact) mass is 265 g/mol. The first-order chi connectivity index (χ1) is 8.22. The summed E-state index contributed by atoms with van der Waals surface area (Å²) in [5.41, 5.74) is -0.937. The van der Waals surface area contributed by atoms with Crippen molar-refractivity contribution in [1.29, 1.82) is 0 Å². The fourth-order valence-electron chi connectivity index (χ4n) is 0.831. The van der Waals surface area contributed by atoms with E-state index in [1.807, 2.05) is 0 Å². The van der Waals surface area contributed by atoms with Gasteiger partial charge in [0.2, 0.25) is 5.91 Å². The number of carbonyl (C=O) groups is 2. The third kappa shape index (κ3) is 8.91. The molecule has 0 spiro atoms. The van der Waals surface area contributed by atoms with Crippen molar-refractivity contribution in [2.24, 2.45) is 5.41 Å². The number of aliphatic carboxylic acids is 1. The lowest BCUT2D eigenvalue weighted by atomic mass is 9.87. The zero-order valence-corrected chi connectivity index (χ0v) is 11.0. The second-order valence-corrected chi connectivity index (χ2v) is 4.30. The smallest absolute Gasteiger partial charge is 0.305 e. The van der Waals surface area contributed by atoms with E-state index in [1.165, 1.54) is 13.8 Å².